The SMILES string of the molecule is CC1(C)CCC[C@@]2(C)O[C@](C)(CCOC(=O)Cc3ccccc3)CC[C@H]12. The van der Waals surface area contributed by atoms with Crippen molar-refractivity contribution in [2.45, 2.75) is 83.8 Å². The molecule has 1 saturated heterocycles. The van der Waals surface area contributed by atoms with Crippen LogP contribution in [0.15, 0.2) is 30.3 Å². The van der Waals surface area contributed by atoms with Crippen LogP contribution >= 0.6 is 0 Å². The average Bonchev–Trinajstić information content (AvgIpc) is 2.54. The molecule has 1 heterocycles. The molecular formula is C23H34O3. The third-order valence-corrected chi connectivity index (χ3v) is 6.70. The van der Waals surface area contributed by atoms with Crippen molar-refractivity contribution in [2.75, 3.05) is 6.61 Å². The Morgan fingerprint density at radius 1 is 1.12 bits per heavy atom. The molecule has 3 heteroatoms. The van der Waals surface area contributed by atoms with E-state index >= 15 is 0 Å². The maximum Gasteiger partial charge on any atom is 0.310 e. The average molecular weight is 359 g/mol. The zero-order valence-corrected chi connectivity index (χ0v) is 16.8. The summed E-state index contributed by atoms with van der Waals surface area (Å²) in [5, 5.41) is 0. The molecular weight excluding hydrogens is 324 g/mol. The zero-order valence-electron chi connectivity index (χ0n) is 16.8. The van der Waals surface area contributed by atoms with Gasteiger partial charge >= 0.3 is 5.97 Å². The second-order valence-corrected chi connectivity index (χ2v) is 9.43. The highest BCUT2D eigenvalue weighted by Crippen LogP contribution is 2.55. The smallest absolute Gasteiger partial charge is 0.310 e. The van der Waals surface area contributed by atoms with Crippen molar-refractivity contribution < 1.29 is 14.3 Å². The van der Waals surface area contributed by atoms with Crippen LogP contribution in [0.1, 0.15) is 71.8 Å². The van der Waals surface area contributed by atoms with Crippen LogP contribution in [0, 0.1) is 11.3 Å². The van der Waals surface area contributed by atoms with Crippen molar-refractivity contribution in [3.8, 4) is 0 Å². The molecule has 0 radical (unpaired) electrons. The zero-order chi connectivity index (χ0) is 18.8. The van der Waals surface area contributed by atoms with Crippen LogP contribution in [0.3, 0.4) is 0 Å². The van der Waals surface area contributed by atoms with Gasteiger partial charge in [0.1, 0.15) is 0 Å². The summed E-state index contributed by atoms with van der Waals surface area (Å²) >= 11 is 0. The summed E-state index contributed by atoms with van der Waals surface area (Å²) in [6.45, 7) is 9.73. The van der Waals surface area contributed by atoms with E-state index in [9.17, 15) is 4.79 Å². The summed E-state index contributed by atoms with van der Waals surface area (Å²) in [5.41, 5.74) is 1.13. The molecule has 0 aromatic heterocycles. The Kier molecular flexibility index (Phi) is 5.48. The maximum atomic E-state index is 12.1. The Morgan fingerprint density at radius 2 is 1.85 bits per heavy atom. The van der Waals surface area contributed by atoms with E-state index in [0.29, 0.717) is 24.4 Å². The van der Waals surface area contributed by atoms with E-state index in [2.05, 4.69) is 27.7 Å². The largest absolute Gasteiger partial charge is 0.465 e. The lowest BCUT2D eigenvalue weighted by Crippen LogP contribution is -2.57. The summed E-state index contributed by atoms with van der Waals surface area (Å²) in [7, 11) is 0. The molecule has 1 aromatic rings. The highest BCUT2D eigenvalue weighted by atomic mass is 16.5. The number of esters is 1. The van der Waals surface area contributed by atoms with E-state index < -0.39 is 0 Å². The maximum absolute atomic E-state index is 12.1. The normalized spacial score (nSPS) is 33.3. The fraction of sp³-hybridized carbons (Fsp3) is 0.696. The third kappa shape index (κ3) is 4.31. The topological polar surface area (TPSA) is 35.5 Å². The monoisotopic (exact) mass is 358 g/mol. The third-order valence-electron chi connectivity index (χ3n) is 6.70. The summed E-state index contributed by atoms with van der Waals surface area (Å²) in [6, 6.07) is 9.76. The molecule has 0 amide bonds. The number of ether oxygens (including phenoxy) is 2. The minimum Gasteiger partial charge on any atom is -0.465 e. The molecule has 2 fully saturated rings. The van der Waals surface area contributed by atoms with Gasteiger partial charge in [0, 0.05) is 6.42 Å². The van der Waals surface area contributed by atoms with Gasteiger partial charge in [0.15, 0.2) is 0 Å². The van der Waals surface area contributed by atoms with E-state index in [-0.39, 0.29) is 17.2 Å². The van der Waals surface area contributed by atoms with Crippen LogP contribution in [-0.4, -0.2) is 23.8 Å². The van der Waals surface area contributed by atoms with Crippen LogP contribution in [0.25, 0.3) is 0 Å². The number of carbonyl (C=O) groups excluding carboxylic acids is 1. The lowest BCUT2D eigenvalue weighted by Gasteiger charge is -2.57. The van der Waals surface area contributed by atoms with Crippen LogP contribution in [-0.2, 0) is 20.7 Å². The van der Waals surface area contributed by atoms with Gasteiger partial charge in [0.2, 0.25) is 0 Å². The highest BCUT2D eigenvalue weighted by molar-refractivity contribution is 5.72. The van der Waals surface area contributed by atoms with Crippen LogP contribution < -0.4 is 0 Å². The molecule has 1 aliphatic heterocycles. The van der Waals surface area contributed by atoms with Crippen molar-refractivity contribution in [2.24, 2.45) is 11.3 Å². The second kappa shape index (κ2) is 7.34. The predicted molar refractivity (Wildman–Crippen MR) is 104 cm³/mol. The minimum atomic E-state index is -0.189. The number of hydrogen-bond donors (Lipinski definition) is 0. The molecule has 3 nitrogen and oxygen atoms in total. The fourth-order valence-electron chi connectivity index (χ4n) is 5.32. The van der Waals surface area contributed by atoms with Crippen molar-refractivity contribution >= 4 is 5.97 Å². The van der Waals surface area contributed by atoms with Gasteiger partial charge in [-0.1, -0.05) is 50.6 Å². The van der Waals surface area contributed by atoms with E-state index in [4.69, 9.17) is 9.47 Å². The van der Waals surface area contributed by atoms with Gasteiger partial charge in [0.05, 0.1) is 24.2 Å². The minimum absolute atomic E-state index is 0.0389. The molecule has 26 heavy (non-hydrogen) atoms. The lowest BCUT2D eigenvalue weighted by atomic mass is 9.58. The Hall–Kier alpha value is -1.35. The lowest BCUT2D eigenvalue weighted by molar-refractivity contribution is -0.242. The first-order valence-corrected chi connectivity index (χ1v) is 10.1. The summed E-state index contributed by atoms with van der Waals surface area (Å²) in [5.74, 6) is 0.468. The number of fused-ring (bicyclic) bond motifs is 1. The summed E-state index contributed by atoms with van der Waals surface area (Å²) < 4.78 is 12.2. The van der Waals surface area contributed by atoms with Gasteiger partial charge in [-0.15, -0.1) is 0 Å². The van der Waals surface area contributed by atoms with E-state index in [0.717, 1.165) is 24.8 Å². The quantitative estimate of drug-likeness (QED) is 0.669. The number of hydrogen-bond acceptors (Lipinski definition) is 3. The molecule has 0 bridgehead atoms. The van der Waals surface area contributed by atoms with Crippen molar-refractivity contribution in [1.29, 1.82) is 0 Å². The van der Waals surface area contributed by atoms with Gasteiger partial charge < -0.3 is 9.47 Å². The molecule has 2 aliphatic rings. The van der Waals surface area contributed by atoms with Crippen molar-refractivity contribution in [3.63, 3.8) is 0 Å². The summed E-state index contributed by atoms with van der Waals surface area (Å²) in [4.78, 5) is 12.1. The van der Waals surface area contributed by atoms with Crippen LogP contribution in [0.5, 0.6) is 0 Å². The first kappa shape index (κ1) is 19.4. The number of benzene rings is 1. The van der Waals surface area contributed by atoms with Crippen molar-refractivity contribution in [3.05, 3.63) is 35.9 Å². The van der Waals surface area contributed by atoms with E-state index in [1.807, 2.05) is 30.3 Å². The molecule has 3 atom stereocenters. The Bertz CT molecular complexity index is 624. The van der Waals surface area contributed by atoms with Crippen molar-refractivity contribution in [1.82, 2.24) is 0 Å². The Balaban J connectivity index is 1.51. The molecule has 1 aliphatic carbocycles. The summed E-state index contributed by atoms with van der Waals surface area (Å²) in [6.07, 6.45) is 7.05. The molecule has 1 aromatic carbocycles. The van der Waals surface area contributed by atoms with Gasteiger partial charge in [-0.05, 0) is 56.4 Å². The second-order valence-electron chi connectivity index (χ2n) is 9.43. The predicted octanol–water partition coefficient (Wildman–Crippen LogP) is 5.32. The van der Waals surface area contributed by atoms with Gasteiger partial charge in [-0.25, -0.2) is 0 Å². The Labute approximate surface area is 158 Å². The molecule has 0 N–H and O–H groups in total. The van der Waals surface area contributed by atoms with E-state index in [1.165, 1.54) is 19.3 Å². The first-order valence-electron chi connectivity index (χ1n) is 10.1. The molecule has 0 unspecified atom stereocenters. The number of carbonyl (C=O) groups is 1. The molecule has 1 saturated carbocycles. The Morgan fingerprint density at radius 3 is 2.58 bits per heavy atom. The van der Waals surface area contributed by atoms with Gasteiger partial charge in [0.25, 0.3) is 0 Å². The van der Waals surface area contributed by atoms with Gasteiger partial charge in [-0.2, -0.15) is 0 Å². The van der Waals surface area contributed by atoms with Crippen LogP contribution in [0.4, 0.5) is 0 Å². The van der Waals surface area contributed by atoms with Gasteiger partial charge in [-0.3, -0.25) is 4.79 Å². The molecule has 144 valence electrons. The molecule has 0 spiro atoms. The highest BCUT2D eigenvalue weighted by Gasteiger charge is 2.53. The number of rotatable bonds is 5. The standard InChI is InChI=1S/C23H34O3/c1-21(2)12-8-13-23(4)19(21)11-14-22(3,26-23)15-16-25-20(24)17-18-9-6-5-7-10-18/h5-7,9-10,19H,8,11-17H2,1-4H3/t19-,22+,23-/m1/s1. The van der Waals surface area contributed by atoms with Crippen LogP contribution in [0.2, 0.25) is 0 Å². The molecule has 3 rings (SSSR count). The first-order chi connectivity index (χ1) is 12.2. The van der Waals surface area contributed by atoms with E-state index in [1.54, 1.807) is 0 Å². The fourth-order valence-corrected chi connectivity index (χ4v) is 5.32.